The summed E-state index contributed by atoms with van der Waals surface area (Å²) in [7, 11) is 1.29. The van der Waals surface area contributed by atoms with Crippen LogP contribution in [0.1, 0.15) is 27.0 Å². The predicted octanol–water partition coefficient (Wildman–Crippen LogP) is 3.44. The van der Waals surface area contributed by atoms with Crippen LogP contribution in [-0.4, -0.2) is 25.8 Å². The van der Waals surface area contributed by atoms with Gasteiger partial charge in [0.25, 0.3) is 0 Å². The van der Waals surface area contributed by atoms with Crippen molar-refractivity contribution in [3.63, 3.8) is 0 Å². The number of hydrogen-bond acceptors (Lipinski definition) is 5. The van der Waals surface area contributed by atoms with Crippen molar-refractivity contribution < 1.29 is 28.2 Å². The van der Waals surface area contributed by atoms with E-state index in [2.05, 4.69) is 10.1 Å². The molecule has 7 heteroatoms. The number of fused-ring (bicyclic) bond motifs is 1. The topological polar surface area (TPSA) is 73.9 Å². The number of benzene rings is 2. The molecule has 0 spiro atoms. The Morgan fingerprint density at radius 2 is 2.07 bits per heavy atom. The van der Waals surface area contributed by atoms with E-state index in [4.69, 9.17) is 9.47 Å². The lowest BCUT2D eigenvalue weighted by atomic mass is 10.1. The van der Waals surface area contributed by atoms with Crippen LogP contribution in [0.25, 0.3) is 6.08 Å². The van der Waals surface area contributed by atoms with E-state index in [9.17, 15) is 14.0 Å². The highest BCUT2D eigenvalue weighted by Crippen LogP contribution is 2.30. The summed E-state index contributed by atoms with van der Waals surface area (Å²) < 4.78 is 29.0. The Kier molecular flexibility index (Phi) is 5.52. The van der Waals surface area contributed by atoms with Crippen LogP contribution in [0.4, 0.5) is 10.1 Å². The van der Waals surface area contributed by atoms with Gasteiger partial charge < -0.3 is 19.5 Å². The molecular formula is C20H18FNO5. The molecule has 1 aliphatic heterocycles. The minimum Gasteiger partial charge on any atom is -0.467 e. The number of hydrogen-bond donors (Lipinski definition) is 1. The second kappa shape index (κ2) is 8.01. The van der Waals surface area contributed by atoms with E-state index >= 15 is 0 Å². The fourth-order valence-electron chi connectivity index (χ4n) is 2.67. The molecule has 0 aromatic heterocycles. The molecule has 0 radical (unpaired) electrons. The third-order valence-electron chi connectivity index (χ3n) is 4.03. The summed E-state index contributed by atoms with van der Waals surface area (Å²) in [5.74, 6) is -0.864. The van der Waals surface area contributed by atoms with Gasteiger partial charge in [-0.1, -0.05) is 6.07 Å². The first-order valence-corrected chi connectivity index (χ1v) is 8.19. The maximum atomic E-state index is 13.7. The molecule has 0 saturated heterocycles. The summed E-state index contributed by atoms with van der Waals surface area (Å²) in [5.41, 5.74) is 2.63. The number of amides is 1. The molecule has 1 aliphatic rings. The lowest BCUT2D eigenvalue weighted by Crippen LogP contribution is -2.13. The van der Waals surface area contributed by atoms with Crippen LogP contribution in [0.2, 0.25) is 0 Å². The molecule has 0 atom stereocenters. The molecule has 1 heterocycles. The standard InChI is InChI=1S/C20H18FNO5/c1-12-3-4-14(20(24)25-2)9-17(12)22-18(23)6-5-13-7-16(21)8-15-10-26-11-27-19(13)15/h3-9H,10-11H2,1-2H3,(H,22,23). The molecule has 2 aromatic rings. The zero-order valence-electron chi connectivity index (χ0n) is 14.9. The first kappa shape index (κ1) is 18.6. The molecule has 140 valence electrons. The molecule has 27 heavy (non-hydrogen) atoms. The molecular weight excluding hydrogens is 353 g/mol. The molecule has 0 saturated carbocycles. The van der Waals surface area contributed by atoms with Gasteiger partial charge in [0.15, 0.2) is 6.79 Å². The van der Waals surface area contributed by atoms with Crippen molar-refractivity contribution in [2.24, 2.45) is 0 Å². The van der Waals surface area contributed by atoms with E-state index in [-0.39, 0.29) is 13.4 Å². The SMILES string of the molecule is COC(=O)c1ccc(C)c(NC(=O)C=Cc2cc(F)cc3c2OCOC3)c1. The first-order valence-electron chi connectivity index (χ1n) is 8.19. The fourth-order valence-corrected chi connectivity index (χ4v) is 2.67. The smallest absolute Gasteiger partial charge is 0.337 e. The number of carbonyl (C=O) groups is 2. The minimum absolute atomic E-state index is 0.0746. The van der Waals surface area contributed by atoms with Crippen LogP contribution < -0.4 is 10.1 Å². The number of aryl methyl sites for hydroxylation is 1. The second-order valence-corrected chi connectivity index (χ2v) is 5.94. The minimum atomic E-state index is -0.494. The Morgan fingerprint density at radius 1 is 1.26 bits per heavy atom. The van der Waals surface area contributed by atoms with Crippen LogP contribution in [0.3, 0.4) is 0 Å². The highest BCUT2D eigenvalue weighted by Gasteiger charge is 2.16. The second-order valence-electron chi connectivity index (χ2n) is 5.94. The van der Waals surface area contributed by atoms with Gasteiger partial charge in [0.05, 0.1) is 19.3 Å². The molecule has 1 amide bonds. The summed E-state index contributed by atoms with van der Waals surface area (Å²) in [6.45, 7) is 2.13. The maximum absolute atomic E-state index is 13.7. The number of ether oxygens (including phenoxy) is 3. The zero-order chi connectivity index (χ0) is 19.4. The van der Waals surface area contributed by atoms with Gasteiger partial charge in [-0.2, -0.15) is 0 Å². The number of methoxy groups -OCH3 is 1. The largest absolute Gasteiger partial charge is 0.467 e. The van der Waals surface area contributed by atoms with Gasteiger partial charge in [-0.15, -0.1) is 0 Å². The van der Waals surface area contributed by atoms with E-state index in [0.29, 0.717) is 28.1 Å². The Morgan fingerprint density at radius 3 is 2.85 bits per heavy atom. The zero-order valence-corrected chi connectivity index (χ0v) is 14.9. The van der Waals surface area contributed by atoms with Crippen LogP contribution in [-0.2, 0) is 20.9 Å². The molecule has 6 nitrogen and oxygen atoms in total. The number of esters is 1. The van der Waals surface area contributed by atoms with Gasteiger partial charge in [0.2, 0.25) is 5.91 Å². The monoisotopic (exact) mass is 371 g/mol. The summed E-state index contributed by atoms with van der Waals surface area (Å²) in [5, 5.41) is 2.70. The van der Waals surface area contributed by atoms with Crippen molar-refractivity contribution in [2.75, 3.05) is 19.2 Å². The highest BCUT2D eigenvalue weighted by atomic mass is 19.1. The number of nitrogens with one attached hydrogen (secondary N) is 1. The summed E-state index contributed by atoms with van der Waals surface area (Å²) >= 11 is 0. The molecule has 0 aliphatic carbocycles. The Hall–Kier alpha value is -3.19. The Bertz CT molecular complexity index is 923. The molecule has 0 unspecified atom stereocenters. The molecule has 1 N–H and O–H groups in total. The normalized spacial score (nSPS) is 13.0. The van der Waals surface area contributed by atoms with Crippen molar-refractivity contribution >= 4 is 23.6 Å². The van der Waals surface area contributed by atoms with Crippen LogP contribution in [0.15, 0.2) is 36.4 Å². The lowest BCUT2D eigenvalue weighted by Gasteiger charge is -2.19. The van der Waals surface area contributed by atoms with Crippen molar-refractivity contribution in [1.29, 1.82) is 0 Å². The number of rotatable bonds is 4. The van der Waals surface area contributed by atoms with E-state index in [0.717, 1.165) is 5.56 Å². The predicted molar refractivity (Wildman–Crippen MR) is 96.9 cm³/mol. The van der Waals surface area contributed by atoms with Crippen molar-refractivity contribution in [3.8, 4) is 5.75 Å². The van der Waals surface area contributed by atoms with Gasteiger partial charge in [-0.3, -0.25) is 4.79 Å². The molecule has 0 bridgehead atoms. The number of anilines is 1. The summed E-state index contributed by atoms with van der Waals surface area (Å²) in [4.78, 5) is 23.9. The Labute approximate surface area is 155 Å². The van der Waals surface area contributed by atoms with Crippen molar-refractivity contribution in [1.82, 2.24) is 0 Å². The van der Waals surface area contributed by atoms with Gasteiger partial charge in [-0.25, -0.2) is 9.18 Å². The average molecular weight is 371 g/mol. The van der Waals surface area contributed by atoms with Crippen LogP contribution in [0, 0.1) is 12.7 Å². The highest BCUT2D eigenvalue weighted by molar-refractivity contribution is 6.03. The van der Waals surface area contributed by atoms with Crippen LogP contribution in [0.5, 0.6) is 5.75 Å². The van der Waals surface area contributed by atoms with Gasteiger partial charge in [0.1, 0.15) is 11.6 Å². The van der Waals surface area contributed by atoms with Gasteiger partial charge in [-0.05, 0) is 42.8 Å². The third kappa shape index (κ3) is 4.32. The van der Waals surface area contributed by atoms with E-state index in [1.165, 1.54) is 37.5 Å². The molecule has 0 fully saturated rings. The Balaban J connectivity index is 1.79. The van der Waals surface area contributed by atoms with Gasteiger partial charge in [0, 0.05) is 22.9 Å². The molecule has 2 aromatic carbocycles. The van der Waals surface area contributed by atoms with Crippen molar-refractivity contribution in [2.45, 2.75) is 13.5 Å². The van der Waals surface area contributed by atoms with Crippen molar-refractivity contribution in [3.05, 3.63) is 64.5 Å². The average Bonchev–Trinajstić information content (AvgIpc) is 2.67. The lowest BCUT2D eigenvalue weighted by molar-refractivity contribution is -0.111. The number of halogens is 1. The quantitative estimate of drug-likeness (QED) is 0.658. The fraction of sp³-hybridized carbons (Fsp3) is 0.200. The number of carbonyl (C=O) groups excluding carboxylic acids is 2. The summed E-state index contributed by atoms with van der Waals surface area (Å²) in [6, 6.07) is 7.50. The molecule has 3 rings (SSSR count). The van der Waals surface area contributed by atoms with Crippen LogP contribution >= 0.6 is 0 Å². The third-order valence-corrected chi connectivity index (χ3v) is 4.03. The van der Waals surface area contributed by atoms with E-state index < -0.39 is 17.7 Å². The maximum Gasteiger partial charge on any atom is 0.337 e. The summed E-state index contributed by atoms with van der Waals surface area (Å²) in [6.07, 6.45) is 2.75. The first-order chi connectivity index (χ1) is 13.0. The van der Waals surface area contributed by atoms with Gasteiger partial charge >= 0.3 is 5.97 Å². The van der Waals surface area contributed by atoms with E-state index in [1.54, 1.807) is 19.1 Å². The van der Waals surface area contributed by atoms with E-state index in [1.807, 2.05) is 0 Å².